The lowest BCUT2D eigenvalue weighted by atomic mass is 10.6. The highest BCUT2D eigenvalue weighted by Gasteiger charge is 2.28. The van der Waals surface area contributed by atoms with Crippen molar-refractivity contribution in [2.24, 2.45) is 7.05 Å². The van der Waals surface area contributed by atoms with Crippen LogP contribution in [0, 0.1) is 0 Å². The Morgan fingerprint density at radius 2 is 1.85 bits per heavy atom. The molecule has 0 bridgehead atoms. The maximum Gasteiger partial charge on any atom is 0.280 e. The number of aromatic nitrogens is 4. The quantitative estimate of drug-likeness (QED) is 0.497. The van der Waals surface area contributed by atoms with Gasteiger partial charge in [-0.15, -0.1) is 5.10 Å². The van der Waals surface area contributed by atoms with Gasteiger partial charge in [0.25, 0.3) is 17.8 Å². The van der Waals surface area contributed by atoms with E-state index in [1.807, 2.05) is 0 Å². The molecule has 7 heteroatoms. The van der Waals surface area contributed by atoms with Crippen LogP contribution in [0.15, 0.2) is 12.2 Å². The number of nitrogens with zero attached hydrogens (tertiary/aromatic N) is 5. The predicted octanol–water partition coefficient (Wildman–Crippen LogP) is -1.36. The van der Waals surface area contributed by atoms with E-state index in [0.717, 1.165) is 4.90 Å². The smallest absolute Gasteiger partial charge is 0.269 e. The molecule has 1 aromatic rings. The van der Waals surface area contributed by atoms with Crippen LogP contribution in [0.3, 0.4) is 0 Å². The molecule has 0 saturated carbocycles. The van der Waals surface area contributed by atoms with E-state index in [1.165, 1.54) is 16.9 Å². The minimum absolute atomic E-state index is 0.00231. The number of hydrogen-bond donors (Lipinski definition) is 0. The lowest BCUT2D eigenvalue weighted by Gasteiger charge is -2.05. The van der Waals surface area contributed by atoms with Crippen LogP contribution in [-0.2, 0) is 16.6 Å². The Balaban J connectivity index is 2.37. The highest BCUT2D eigenvalue weighted by molar-refractivity contribution is 6.27. The highest BCUT2D eigenvalue weighted by atomic mass is 16.2. The third-order valence-electron chi connectivity index (χ3n) is 1.51. The van der Waals surface area contributed by atoms with Gasteiger partial charge in [-0.05, 0) is 5.21 Å². The van der Waals surface area contributed by atoms with Gasteiger partial charge in [0.05, 0.1) is 7.05 Å². The monoisotopic (exact) mass is 179 g/mol. The Bertz CT molecular complexity index is 389. The number of rotatable bonds is 1. The summed E-state index contributed by atoms with van der Waals surface area (Å²) >= 11 is 0. The highest BCUT2D eigenvalue weighted by Crippen LogP contribution is 2.10. The molecule has 2 amide bonds. The molecule has 0 spiro atoms. The molecule has 0 radical (unpaired) electrons. The lowest BCUT2D eigenvalue weighted by molar-refractivity contribution is -0.120. The number of anilines is 1. The molecule has 0 N–H and O–H groups in total. The second-order valence-electron chi connectivity index (χ2n) is 2.42. The second-order valence-corrected chi connectivity index (χ2v) is 2.42. The van der Waals surface area contributed by atoms with E-state index in [1.54, 1.807) is 7.05 Å². The van der Waals surface area contributed by atoms with Crippen molar-refractivity contribution in [1.82, 2.24) is 20.2 Å². The van der Waals surface area contributed by atoms with E-state index in [0.29, 0.717) is 0 Å². The normalized spacial score (nSPS) is 15.9. The van der Waals surface area contributed by atoms with Gasteiger partial charge in [0.15, 0.2) is 0 Å². The number of imide groups is 1. The number of carbonyl (C=O) groups excluding carboxylic acids is 2. The first-order valence-electron chi connectivity index (χ1n) is 3.48. The van der Waals surface area contributed by atoms with Crippen LogP contribution in [0.25, 0.3) is 0 Å². The van der Waals surface area contributed by atoms with Gasteiger partial charge in [-0.25, -0.2) is 4.90 Å². The molecule has 0 aliphatic carbocycles. The van der Waals surface area contributed by atoms with Crippen molar-refractivity contribution in [3.63, 3.8) is 0 Å². The zero-order valence-electron chi connectivity index (χ0n) is 6.71. The van der Waals surface area contributed by atoms with Crippen LogP contribution in [-0.4, -0.2) is 32.0 Å². The molecule has 1 aliphatic rings. The zero-order valence-corrected chi connectivity index (χ0v) is 6.71. The maximum absolute atomic E-state index is 11.1. The third kappa shape index (κ3) is 1.10. The number of carbonyl (C=O) groups is 2. The Hall–Kier alpha value is -2.05. The van der Waals surface area contributed by atoms with E-state index >= 15 is 0 Å². The lowest BCUT2D eigenvalue weighted by Crippen LogP contribution is -2.30. The van der Waals surface area contributed by atoms with Crippen LogP contribution in [0.4, 0.5) is 5.95 Å². The minimum atomic E-state index is -0.446. The van der Waals surface area contributed by atoms with E-state index in [4.69, 9.17) is 0 Å². The molecular formula is C6H5N5O2. The predicted molar refractivity (Wildman–Crippen MR) is 40.4 cm³/mol. The fourth-order valence-corrected chi connectivity index (χ4v) is 0.961. The summed E-state index contributed by atoms with van der Waals surface area (Å²) in [5, 5.41) is 10.8. The van der Waals surface area contributed by atoms with E-state index in [2.05, 4.69) is 15.4 Å². The van der Waals surface area contributed by atoms with E-state index in [9.17, 15) is 9.59 Å². The molecule has 7 nitrogen and oxygen atoms in total. The largest absolute Gasteiger partial charge is 0.280 e. The zero-order chi connectivity index (χ0) is 9.42. The SMILES string of the molecule is Cn1nnc(N2C(=O)C=CC2=O)n1. The summed E-state index contributed by atoms with van der Waals surface area (Å²) in [4.78, 5) is 24.2. The molecule has 0 unspecified atom stereocenters. The molecule has 0 aromatic carbocycles. The molecular weight excluding hydrogens is 174 g/mol. The summed E-state index contributed by atoms with van der Waals surface area (Å²) < 4.78 is 0. The fraction of sp³-hybridized carbons (Fsp3) is 0.167. The molecule has 2 rings (SSSR count). The third-order valence-corrected chi connectivity index (χ3v) is 1.51. The number of amides is 2. The Kier molecular flexibility index (Phi) is 1.44. The van der Waals surface area contributed by atoms with Gasteiger partial charge in [-0.3, -0.25) is 9.59 Å². The summed E-state index contributed by atoms with van der Waals surface area (Å²) in [7, 11) is 1.55. The molecule has 0 atom stereocenters. The maximum atomic E-state index is 11.1. The summed E-state index contributed by atoms with van der Waals surface area (Å²) in [5.41, 5.74) is 0. The van der Waals surface area contributed by atoms with Crippen molar-refractivity contribution in [2.75, 3.05) is 4.90 Å². The Labute approximate surface area is 72.6 Å². The van der Waals surface area contributed by atoms with Crippen LogP contribution in [0.1, 0.15) is 0 Å². The number of aryl methyl sites for hydroxylation is 1. The van der Waals surface area contributed by atoms with E-state index in [-0.39, 0.29) is 5.95 Å². The van der Waals surface area contributed by atoms with E-state index < -0.39 is 11.8 Å². The molecule has 1 aliphatic heterocycles. The fourth-order valence-electron chi connectivity index (χ4n) is 0.961. The van der Waals surface area contributed by atoms with Gasteiger partial charge in [0.1, 0.15) is 0 Å². The summed E-state index contributed by atoms with van der Waals surface area (Å²) in [6.45, 7) is 0. The van der Waals surface area contributed by atoms with Crippen molar-refractivity contribution in [2.45, 2.75) is 0 Å². The van der Waals surface area contributed by atoms with Gasteiger partial charge >= 0.3 is 0 Å². The molecule has 2 heterocycles. The molecule has 0 fully saturated rings. The van der Waals surface area contributed by atoms with Crippen molar-refractivity contribution in [3.05, 3.63) is 12.2 Å². The van der Waals surface area contributed by atoms with Crippen molar-refractivity contribution >= 4 is 17.8 Å². The topological polar surface area (TPSA) is 81.0 Å². The summed E-state index contributed by atoms with van der Waals surface area (Å²) in [5.74, 6) is -0.890. The van der Waals surface area contributed by atoms with Crippen LogP contribution < -0.4 is 4.90 Å². The Morgan fingerprint density at radius 3 is 2.31 bits per heavy atom. The van der Waals surface area contributed by atoms with Gasteiger partial charge in [0.2, 0.25) is 0 Å². The minimum Gasteiger partial charge on any atom is -0.269 e. The van der Waals surface area contributed by atoms with Gasteiger partial charge in [0, 0.05) is 12.2 Å². The first-order valence-corrected chi connectivity index (χ1v) is 3.48. The van der Waals surface area contributed by atoms with Gasteiger partial charge in [-0.1, -0.05) is 5.10 Å². The standard InChI is InChI=1S/C6H5N5O2/c1-10-8-6(7-9-10)11-4(12)2-3-5(11)13/h2-3H,1H3. The molecule has 1 aromatic heterocycles. The number of hydrogen-bond acceptors (Lipinski definition) is 5. The van der Waals surface area contributed by atoms with Gasteiger partial charge < -0.3 is 0 Å². The van der Waals surface area contributed by atoms with Crippen LogP contribution in [0.2, 0.25) is 0 Å². The van der Waals surface area contributed by atoms with Crippen molar-refractivity contribution in [3.8, 4) is 0 Å². The number of tetrazole rings is 1. The van der Waals surface area contributed by atoms with Crippen molar-refractivity contribution < 1.29 is 9.59 Å². The molecule has 0 saturated heterocycles. The summed E-state index contributed by atoms with van der Waals surface area (Å²) in [6, 6.07) is 0. The van der Waals surface area contributed by atoms with Crippen LogP contribution >= 0.6 is 0 Å². The molecule has 13 heavy (non-hydrogen) atoms. The summed E-state index contributed by atoms with van der Waals surface area (Å²) in [6.07, 6.45) is 2.33. The molecule has 66 valence electrons. The first kappa shape index (κ1) is 7.59. The second kappa shape index (κ2) is 2.47. The average molecular weight is 179 g/mol. The van der Waals surface area contributed by atoms with Gasteiger partial charge in [-0.2, -0.15) is 4.80 Å². The Morgan fingerprint density at radius 1 is 1.23 bits per heavy atom. The van der Waals surface area contributed by atoms with Crippen LogP contribution in [0.5, 0.6) is 0 Å². The van der Waals surface area contributed by atoms with Crippen molar-refractivity contribution in [1.29, 1.82) is 0 Å². The first-order chi connectivity index (χ1) is 6.18. The average Bonchev–Trinajstić information content (AvgIpc) is 2.60.